The molecule has 1 unspecified atom stereocenters. The molecule has 1 aliphatic rings. The second-order valence-electron chi connectivity index (χ2n) is 5.66. The molecule has 1 nitrogen and oxygen atoms in total. The van der Waals surface area contributed by atoms with Crippen LogP contribution in [0.4, 0.5) is 0 Å². The lowest BCUT2D eigenvalue weighted by molar-refractivity contribution is 0.0980. The molecule has 0 saturated carbocycles. The molecule has 0 aromatic carbocycles. The molecular formula is C14H24O. The lowest BCUT2D eigenvalue weighted by Crippen LogP contribution is -2.32. The fourth-order valence-corrected chi connectivity index (χ4v) is 2.48. The van der Waals surface area contributed by atoms with Gasteiger partial charge in [-0.3, -0.25) is 0 Å². The molecule has 1 aliphatic carbocycles. The smallest absolute Gasteiger partial charge is 0.0487 e. The highest BCUT2D eigenvalue weighted by molar-refractivity contribution is 5.16. The molecule has 1 heteroatoms. The molecule has 2 atom stereocenters. The van der Waals surface area contributed by atoms with Gasteiger partial charge in [0.25, 0.3) is 0 Å². The van der Waals surface area contributed by atoms with Crippen LogP contribution in [-0.2, 0) is 0 Å². The molecule has 0 fully saturated rings. The van der Waals surface area contributed by atoms with E-state index in [-0.39, 0.29) is 12.0 Å². The summed E-state index contributed by atoms with van der Waals surface area (Å²) < 4.78 is 0. The van der Waals surface area contributed by atoms with Crippen LogP contribution in [-0.4, -0.2) is 11.7 Å². The molecule has 0 amide bonds. The van der Waals surface area contributed by atoms with Gasteiger partial charge in [-0.1, -0.05) is 37.6 Å². The fourth-order valence-electron chi connectivity index (χ4n) is 2.48. The zero-order valence-corrected chi connectivity index (χ0v) is 10.5. The number of rotatable bonds is 3. The lowest BCUT2D eigenvalue weighted by atomic mass is 9.67. The van der Waals surface area contributed by atoms with Crippen molar-refractivity contribution < 1.29 is 5.11 Å². The Balaban J connectivity index is 2.85. The first kappa shape index (κ1) is 12.5. The first-order valence-corrected chi connectivity index (χ1v) is 5.81. The highest BCUT2D eigenvalue weighted by atomic mass is 16.3. The van der Waals surface area contributed by atoms with Gasteiger partial charge in [-0.25, -0.2) is 0 Å². The number of aliphatic hydroxyl groups is 1. The molecule has 1 N–H and O–H groups in total. The third kappa shape index (κ3) is 2.72. The third-order valence-corrected chi connectivity index (χ3v) is 3.84. The van der Waals surface area contributed by atoms with Crippen LogP contribution < -0.4 is 0 Å². The van der Waals surface area contributed by atoms with Crippen LogP contribution in [0.5, 0.6) is 0 Å². The molecule has 0 heterocycles. The van der Waals surface area contributed by atoms with Crippen molar-refractivity contribution in [2.75, 3.05) is 6.61 Å². The monoisotopic (exact) mass is 208 g/mol. The Morgan fingerprint density at radius 1 is 1.60 bits per heavy atom. The minimum absolute atomic E-state index is 0.00525. The number of aliphatic hydroxyl groups excluding tert-OH is 1. The predicted octanol–water partition coefficient (Wildman–Crippen LogP) is 3.55. The highest BCUT2D eigenvalue weighted by Gasteiger charge is 2.34. The SMILES string of the molecule is C=C(C)[C@@H]1CC=C(C)C(C(C)(C)CO)C1. The second-order valence-corrected chi connectivity index (χ2v) is 5.66. The van der Waals surface area contributed by atoms with Gasteiger partial charge in [-0.05, 0) is 43.9 Å². The van der Waals surface area contributed by atoms with Crippen molar-refractivity contribution in [3.8, 4) is 0 Å². The quantitative estimate of drug-likeness (QED) is 0.703. The van der Waals surface area contributed by atoms with Crippen molar-refractivity contribution in [2.24, 2.45) is 17.3 Å². The first-order chi connectivity index (χ1) is 6.88. The Morgan fingerprint density at radius 3 is 2.67 bits per heavy atom. The standard InChI is InChI=1S/C14H24O/c1-10(2)12-7-6-11(3)13(8-12)14(4,5)9-15/h6,12-13,15H,1,7-9H2,2-5H3/t12-,13?/m1/s1. The Labute approximate surface area is 93.9 Å². The summed E-state index contributed by atoms with van der Waals surface area (Å²) in [6, 6.07) is 0. The molecular weight excluding hydrogens is 184 g/mol. The van der Waals surface area contributed by atoms with Gasteiger partial charge in [0.05, 0.1) is 0 Å². The summed E-state index contributed by atoms with van der Waals surface area (Å²) in [5, 5.41) is 9.44. The largest absolute Gasteiger partial charge is 0.396 e. The van der Waals surface area contributed by atoms with E-state index in [1.807, 2.05) is 0 Å². The molecule has 0 aliphatic heterocycles. The molecule has 0 spiro atoms. The van der Waals surface area contributed by atoms with Crippen LogP contribution >= 0.6 is 0 Å². The van der Waals surface area contributed by atoms with Crippen molar-refractivity contribution in [3.05, 3.63) is 23.8 Å². The summed E-state index contributed by atoms with van der Waals surface area (Å²) in [6.07, 6.45) is 4.59. The molecule has 0 aromatic rings. The van der Waals surface area contributed by atoms with Gasteiger partial charge in [0.15, 0.2) is 0 Å². The Morgan fingerprint density at radius 2 is 2.20 bits per heavy atom. The van der Waals surface area contributed by atoms with Crippen molar-refractivity contribution in [3.63, 3.8) is 0 Å². The van der Waals surface area contributed by atoms with E-state index in [4.69, 9.17) is 0 Å². The minimum Gasteiger partial charge on any atom is -0.396 e. The van der Waals surface area contributed by atoms with Crippen molar-refractivity contribution in [2.45, 2.75) is 40.5 Å². The van der Waals surface area contributed by atoms with E-state index >= 15 is 0 Å². The van der Waals surface area contributed by atoms with Crippen LogP contribution in [0.25, 0.3) is 0 Å². The second kappa shape index (κ2) is 4.52. The predicted molar refractivity (Wildman–Crippen MR) is 65.7 cm³/mol. The number of hydrogen-bond acceptors (Lipinski definition) is 1. The van der Waals surface area contributed by atoms with E-state index in [2.05, 4.69) is 40.3 Å². The number of allylic oxidation sites excluding steroid dienone is 3. The van der Waals surface area contributed by atoms with Crippen molar-refractivity contribution in [1.29, 1.82) is 0 Å². The van der Waals surface area contributed by atoms with Crippen LogP contribution in [0.3, 0.4) is 0 Å². The Hall–Kier alpha value is -0.560. The van der Waals surface area contributed by atoms with E-state index in [9.17, 15) is 5.11 Å². The van der Waals surface area contributed by atoms with Crippen LogP contribution in [0.15, 0.2) is 23.8 Å². The maximum absolute atomic E-state index is 9.44. The Bertz CT molecular complexity index is 273. The summed E-state index contributed by atoms with van der Waals surface area (Å²) in [7, 11) is 0. The summed E-state index contributed by atoms with van der Waals surface area (Å²) in [6.45, 7) is 12.9. The highest BCUT2D eigenvalue weighted by Crippen LogP contribution is 2.42. The van der Waals surface area contributed by atoms with Crippen LogP contribution in [0, 0.1) is 17.3 Å². The maximum atomic E-state index is 9.44. The summed E-state index contributed by atoms with van der Waals surface area (Å²) >= 11 is 0. The van der Waals surface area contributed by atoms with E-state index in [0.717, 1.165) is 12.8 Å². The van der Waals surface area contributed by atoms with E-state index < -0.39 is 0 Å². The van der Waals surface area contributed by atoms with E-state index in [1.54, 1.807) is 0 Å². The Kier molecular flexibility index (Phi) is 3.77. The fraction of sp³-hybridized carbons (Fsp3) is 0.714. The van der Waals surface area contributed by atoms with Crippen molar-refractivity contribution in [1.82, 2.24) is 0 Å². The minimum atomic E-state index is -0.00525. The van der Waals surface area contributed by atoms with Gasteiger partial charge in [-0.15, -0.1) is 0 Å². The van der Waals surface area contributed by atoms with Gasteiger partial charge in [-0.2, -0.15) is 0 Å². The summed E-state index contributed by atoms with van der Waals surface area (Å²) in [5.41, 5.74) is 2.71. The molecule has 0 radical (unpaired) electrons. The van der Waals surface area contributed by atoms with E-state index in [0.29, 0.717) is 11.8 Å². The van der Waals surface area contributed by atoms with Crippen LogP contribution in [0.2, 0.25) is 0 Å². The molecule has 1 rings (SSSR count). The topological polar surface area (TPSA) is 20.2 Å². The molecule has 0 saturated heterocycles. The maximum Gasteiger partial charge on any atom is 0.0487 e. The van der Waals surface area contributed by atoms with Gasteiger partial charge < -0.3 is 5.11 Å². The average molecular weight is 208 g/mol. The van der Waals surface area contributed by atoms with Gasteiger partial charge in [0, 0.05) is 6.61 Å². The summed E-state index contributed by atoms with van der Waals surface area (Å²) in [4.78, 5) is 0. The molecule has 15 heavy (non-hydrogen) atoms. The zero-order valence-electron chi connectivity index (χ0n) is 10.5. The molecule has 86 valence electrons. The lowest BCUT2D eigenvalue weighted by Gasteiger charge is -2.39. The van der Waals surface area contributed by atoms with Crippen molar-refractivity contribution >= 4 is 0 Å². The summed E-state index contributed by atoms with van der Waals surface area (Å²) in [5.74, 6) is 1.10. The van der Waals surface area contributed by atoms with Crippen LogP contribution in [0.1, 0.15) is 40.5 Å². The normalized spacial score (nSPS) is 27.4. The average Bonchev–Trinajstić information content (AvgIpc) is 2.17. The molecule has 0 aromatic heterocycles. The van der Waals surface area contributed by atoms with E-state index in [1.165, 1.54) is 11.1 Å². The van der Waals surface area contributed by atoms with Gasteiger partial charge in [0.2, 0.25) is 0 Å². The third-order valence-electron chi connectivity index (χ3n) is 3.84. The number of hydrogen-bond donors (Lipinski definition) is 1. The zero-order chi connectivity index (χ0) is 11.6. The van der Waals surface area contributed by atoms with Gasteiger partial charge in [0.1, 0.15) is 0 Å². The first-order valence-electron chi connectivity index (χ1n) is 5.81. The molecule has 0 bridgehead atoms. The van der Waals surface area contributed by atoms with Gasteiger partial charge >= 0.3 is 0 Å².